The highest BCUT2D eigenvalue weighted by molar-refractivity contribution is 8.00. The molecule has 30 heavy (non-hydrogen) atoms. The topological polar surface area (TPSA) is 81.9 Å². The summed E-state index contributed by atoms with van der Waals surface area (Å²) in [6.07, 6.45) is 3.24. The number of amides is 1. The Bertz CT molecular complexity index is 1160. The van der Waals surface area contributed by atoms with Crippen LogP contribution in [0.4, 0.5) is 5.69 Å². The molecular formula is C22H21N5O2S. The van der Waals surface area contributed by atoms with Crippen molar-refractivity contribution in [1.82, 2.24) is 19.7 Å². The molecule has 1 atom stereocenters. The third-order valence-electron chi connectivity index (χ3n) is 4.43. The van der Waals surface area contributed by atoms with Crippen LogP contribution >= 0.6 is 11.8 Å². The van der Waals surface area contributed by atoms with Crippen molar-refractivity contribution >= 4 is 34.4 Å². The number of nitrogens with zero attached hydrogens (tertiary/aromatic N) is 4. The number of hydrogen-bond acceptors (Lipinski definition) is 6. The third kappa shape index (κ3) is 4.13. The molecule has 1 N–H and O–H groups in total. The molecule has 0 saturated heterocycles. The number of thioether (sulfide) groups is 1. The quantitative estimate of drug-likeness (QED) is 0.355. The Morgan fingerprint density at radius 3 is 2.70 bits per heavy atom. The molecule has 2 aromatic carbocycles. The summed E-state index contributed by atoms with van der Waals surface area (Å²) in [5.41, 5.74) is 2.27. The number of nitrogens with one attached hydrogen (secondary N) is 1. The summed E-state index contributed by atoms with van der Waals surface area (Å²) in [6.45, 7) is 4.29. The molecule has 0 aliphatic rings. The number of fused-ring (bicyclic) bond motifs is 1. The standard InChI is InChI=1S/C22H21N5O2S/c1-3-29-19-12-8-7-11-18(19)26-21(28)15(2)30-22-17-13-25-27(20(17)23-14-24-22)16-9-5-4-6-10-16/h4-15H,3H2,1-2H3,(H,26,28). The fraction of sp³-hybridized carbons (Fsp3) is 0.182. The van der Waals surface area contributed by atoms with E-state index in [4.69, 9.17) is 4.74 Å². The molecule has 8 heteroatoms. The molecule has 0 saturated carbocycles. The maximum absolute atomic E-state index is 12.8. The van der Waals surface area contributed by atoms with Gasteiger partial charge in [-0.05, 0) is 38.1 Å². The first kappa shape index (κ1) is 19.9. The van der Waals surface area contributed by atoms with Crippen molar-refractivity contribution < 1.29 is 9.53 Å². The molecule has 1 amide bonds. The van der Waals surface area contributed by atoms with E-state index in [0.717, 1.165) is 11.1 Å². The van der Waals surface area contributed by atoms with Gasteiger partial charge in [-0.15, -0.1) is 0 Å². The molecule has 2 heterocycles. The minimum absolute atomic E-state index is 0.130. The molecule has 1 unspecified atom stereocenters. The number of ether oxygens (including phenoxy) is 1. The van der Waals surface area contributed by atoms with Crippen molar-refractivity contribution in [3.8, 4) is 11.4 Å². The molecule has 0 spiro atoms. The third-order valence-corrected chi connectivity index (χ3v) is 5.55. The van der Waals surface area contributed by atoms with Crippen molar-refractivity contribution in [2.75, 3.05) is 11.9 Å². The van der Waals surface area contributed by atoms with Crippen molar-refractivity contribution in [1.29, 1.82) is 0 Å². The minimum atomic E-state index is -0.377. The molecular weight excluding hydrogens is 398 g/mol. The van der Waals surface area contributed by atoms with Gasteiger partial charge in [0.1, 0.15) is 17.1 Å². The highest BCUT2D eigenvalue weighted by Crippen LogP contribution is 2.30. The van der Waals surface area contributed by atoms with E-state index >= 15 is 0 Å². The number of carbonyl (C=O) groups is 1. The van der Waals surface area contributed by atoms with Gasteiger partial charge in [0.15, 0.2) is 5.65 Å². The van der Waals surface area contributed by atoms with E-state index in [0.29, 0.717) is 28.7 Å². The Kier molecular flexibility index (Phi) is 5.94. The smallest absolute Gasteiger partial charge is 0.237 e. The Hall–Kier alpha value is -3.39. The van der Waals surface area contributed by atoms with Gasteiger partial charge in [0.25, 0.3) is 0 Å². The van der Waals surface area contributed by atoms with Crippen LogP contribution in [0.25, 0.3) is 16.7 Å². The summed E-state index contributed by atoms with van der Waals surface area (Å²) in [5.74, 6) is 0.522. The van der Waals surface area contributed by atoms with Gasteiger partial charge < -0.3 is 10.1 Å². The van der Waals surface area contributed by atoms with Crippen molar-refractivity contribution in [2.45, 2.75) is 24.1 Å². The lowest BCUT2D eigenvalue weighted by Gasteiger charge is -2.14. The number of para-hydroxylation sites is 3. The van der Waals surface area contributed by atoms with Crippen LogP contribution in [0.5, 0.6) is 5.75 Å². The van der Waals surface area contributed by atoms with E-state index in [9.17, 15) is 4.79 Å². The summed E-state index contributed by atoms with van der Waals surface area (Å²) in [4.78, 5) is 21.6. The molecule has 0 aliphatic heterocycles. The lowest BCUT2D eigenvalue weighted by Crippen LogP contribution is -2.23. The van der Waals surface area contributed by atoms with Crippen LogP contribution in [0.3, 0.4) is 0 Å². The molecule has 0 radical (unpaired) electrons. The summed E-state index contributed by atoms with van der Waals surface area (Å²) < 4.78 is 7.35. The number of aromatic nitrogens is 4. The average Bonchev–Trinajstić information content (AvgIpc) is 3.21. The molecule has 152 valence electrons. The van der Waals surface area contributed by atoms with E-state index in [1.54, 1.807) is 10.9 Å². The highest BCUT2D eigenvalue weighted by Gasteiger charge is 2.20. The van der Waals surface area contributed by atoms with Gasteiger partial charge in [-0.1, -0.05) is 42.1 Å². The zero-order valence-electron chi connectivity index (χ0n) is 16.6. The van der Waals surface area contributed by atoms with Crippen LogP contribution in [-0.4, -0.2) is 37.5 Å². The highest BCUT2D eigenvalue weighted by atomic mass is 32.2. The second kappa shape index (κ2) is 8.96. The summed E-state index contributed by atoms with van der Waals surface area (Å²) in [6, 6.07) is 17.2. The molecule has 2 aromatic heterocycles. The van der Waals surface area contributed by atoms with Crippen LogP contribution in [0.1, 0.15) is 13.8 Å². The van der Waals surface area contributed by atoms with Gasteiger partial charge in [0.2, 0.25) is 5.91 Å². The molecule has 0 aliphatic carbocycles. The largest absolute Gasteiger partial charge is 0.492 e. The first-order chi connectivity index (χ1) is 14.7. The Balaban J connectivity index is 1.54. The lowest BCUT2D eigenvalue weighted by molar-refractivity contribution is -0.115. The number of anilines is 1. The van der Waals surface area contributed by atoms with Gasteiger partial charge in [0.05, 0.1) is 34.8 Å². The predicted molar refractivity (Wildman–Crippen MR) is 118 cm³/mol. The Morgan fingerprint density at radius 2 is 1.90 bits per heavy atom. The summed E-state index contributed by atoms with van der Waals surface area (Å²) in [5, 5.41) is 8.55. The summed E-state index contributed by atoms with van der Waals surface area (Å²) >= 11 is 1.37. The number of carbonyl (C=O) groups excluding carboxylic acids is 1. The van der Waals surface area contributed by atoms with Crippen LogP contribution in [0.15, 0.2) is 72.1 Å². The Morgan fingerprint density at radius 1 is 1.13 bits per heavy atom. The molecule has 0 bridgehead atoms. The second-order valence-electron chi connectivity index (χ2n) is 6.49. The van der Waals surface area contributed by atoms with Crippen LogP contribution < -0.4 is 10.1 Å². The van der Waals surface area contributed by atoms with Gasteiger partial charge in [-0.3, -0.25) is 4.79 Å². The first-order valence-corrected chi connectivity index (χ1v) is 10.5. The number of hydrogen-bond donors (Lipinski definition) is 1. The lowest BCUT2D eigenvalue weighted by atomic mass is 10.3. The molecule has 7 nitrogen and oxygen atoms in total. The minimum Gasteiger partial charge on any atom is -0.492 e. The monoisotopic (exact) mass is 419 g/mol. The number of rotatable bonds is 7. The normalized spacial score (nSPS) is 11.9. The van der Waals surface area contributed by atoms with Gasteiger partial charge in [0, 0.05) is 0 Å². The maximum Gasteiger partial charge on any atom is 0.237 e. The zero-order valence-corrected chi connectivity index (χ0v) is 17.5. The van der Waals surface area contributed by atoms with E-state index in [1.807, 2.05) is 68.4 Å². The van der Waals surface area contributed by atoms with E-state index in [-0.39, 0.29) is 11.2 Å². The van der Waals surface area contributed by atoms with Crippen LogP contribution in [0, 0.1) is 0 Å². The number of benzene rings is 2. The predicted octanol–water partition coefficient (Wildman–Crippen LogP) is 4.33. The van der Waals surface area contributed by atoms with E-state index in [2.05, 4.69) is 20.4 Å². The second-order valence-corrected chi connectivity index (χ2v) is 7.82. The molecule has 0 fully saturated rings. The maximum atomic E-state index is 12.8. The van der Waals surface area contributed by atoms with Crippen LogP contribution in [-0.2, 0) is 4.79 Å². The average molecular weight is 420 g/mol. The first-order valence-electron chi connectivity index (χ1n) is 9.61. The van der Waals surface area contributed by atoms with Crippen molar-refractivity contribution in [3.05, 3.63) is 67.1 Å². The van der Waals surface area contributed by atoms with Gasteiger partial charge >= 0.3 is 0 Å². The van der Waals surface area contributed by atoms with E-state index in [1.165, 1.54) is 18.1 Å². The summed E-state index contributed by atoms with van der Waals surface area (Å²) in [7, 11) is 0. The van der Waals surface area contributed by atoms with Crippen molar-refractivity contribution in [3.63, 3.8) is 0 Å². The zero-order chi connectivity index (χ0) is 20.9. The molecule has 4 aromatic rings. The van der Waals surface area contributed by atoms with Crippen LogP contribution in [0.2, 0.25) is 0 Å². The van der Waals surface area contributed by atoms with E-state index < -0.39 is 0 Å². The molecule has 4 rings (SSSR count). The van der Waals surface area contributed by atoms with Crippen molar-refractivity contribution in [2.24, 2.45) is 0 Å². The fourth-order valence-electron chi connectivity index (χ4n) is 2.98. The Labute approximate surface area is 178 Å². The fourth-order valence-corrected chi connectivity index (χ4v) is 3.86. The van der Waals surface area contributed by atoms with Gasteiger partial charge in [-0.2, -0.15) is 5.10 Å². The van der Waals surface area contributed by atoms with Gasteiger partial charge in [-0.25, -0.2) is 14.6 Å². The SMILES string of the molecule is CCOc1ccccc1NC(=O)C(C)Sc1ncnc2c1cnn2-c1ccccc1.